The lowest BCUT2D eigenvalue weighted by atomic mass is 9.88. The van der Waals surface area contributed by atoms with E-state index in [-0.39, 0.29) is 25.0 Å². The van der Waals surface area contributed by atoms with Crippen molar-refractivity contribution >= 4 is 16.9 Å². The largest absolute Gasteiger partial charge is 0.491 e. The third-order valence-electron chi connectivity index (χ3n) is 6.33. The molecule has 2 aromatic carbocycles. The molecule has 4 rings (SSSR count). The predicted molar refractivity (Wildman–Crippen MR) is 120 cm³/mol. The van der Waals surface area contributed by atoms with Gasteiger partial charge >= 0.3 is 5.97 Å². The number of nitrogens with one attached hydrogen (secondary N) is 1. The van der Waals surface area contributed by atoms with Gasteiger partial charge in [0.15, 0.2) is 0 Å². The quantitative estimate of drug-likeness (QED) is 0.526. The lowest BCUT2D eigenvalue weighted by Crippen LogP contribution is -2.41. The van der Waals surface area contributed by atoms with E-state index in [1.165, 1.54) is 25.3 Å². The van der Waals surface area contributed by atoms with Gasteiger partial charge in [0.1, 0.15) is 24.0 Å². The van der Waals surface area contributed by atoms with Crippen LogP contribution >= 0.6 is 0 Å². The number of carbonyl (C=O) groups excluding carboxylic acids is 1. The average Bonchev–Trinajstić information content (AvgIpc) is 3.16. The zero-order valence-electron chi connectivity index (χ0n) is 19.0. The van der Waals surface area contributed by atoms with Crippen molar-refractivity contribution in [1.82, 2.24) is 9.88 Å². The van der Waals surface area contributed by atoms with Crippen LogP contribution in [0.3, 0.4) is 0 Å². The predicted octanol–water partition coefficient (Wildman–Crippen LogP) is 3.88. The van der Waals surface area contributed by atoms with Crippen LogP contribution in [0.1, 0.15) is 35.3 Å². The average molecular weight is 459 g/mol. The number of aromatic amines is 1. The van der Waals surface area contributed by atoms with Crippen molar-refractivity contribution < 1.29 is 28.2 Å². The molecule has 0 amide bonds. The normalized spacial score (nSPS) is 17.1. The number of benzene rings is 2. The summed E-state index contributed by atoms with van der Waals surface area (Å²) >= 11 is 0. The zero-order chi connectivity index (χ0) is 23.7. The number of rotatable bonds is 7. The standard InChI is InChI=1S/C25H28F2N2O4/c1-14(25(31)32-3)13-29-9-8-17-18-12-16(26)4-6-20(18)28-23(17)24(29)22-15(2)21(33-11-10-30)7-5-19(22)27/h4-7,12,14,24,28,30H,8-11,13H2,1-3H3/t14-,24?/m1/s1. The summed E-state index contributed by atoms with van der Waals surface area (Å²) in [6, 6.07) is 6.95. The molecule has 8 heteroatoms. The summed E-state index contributed by atoms with van der Waals surface area (Å²) in [5, 5.41) is 9.93. The second-order valence-electron chi connectivity index (χ2n) is 8.44. The van der Waals surface area contributed by atoms with Gasteiger partial charge in [-0.2, -0.15) is 0 Å². The van der Waals surface area contributed by atoms with Crippen LogP contribution in [0.25, 0.3) is 10.9 Å². The molecular formula is C25H28F2N2O4. The van der Waals surface area contributed by atoms with Crippen LogP contribution in [0, 0.1) is 24.5 Å². The van der Waals surface area contributed by atoms with E-state index in [2.05, 4.69) is 9.88 Å². The van der Waals surface area contributed by atoms with Gasteiger partial charge in [-0.05, 0) is 54.8 Å². The zero-order valence-corrected chi connectivity index (χ0v) is 19.0. The molecule has 1 aliphatic heterocycles. The summed E-state index contributed by atoms with van der Waals surface area (Å²) in [5.74, 6) is -1.00. The van der Waals surface area contributed by atoms with E-state index >= 15 is 4.39 Å². The number of hydrogen-bond acceptors (Lipinski definition) is 5. The maximum absolute atomic E-state index is 15.4. The van der Waals surface area contributed by atoms with Crippen molar-refractivity contribution in [3.05, 3.63) is 64.4 Å². The van der Waals surface area contributed by atoms with Crippen molar-refractivity contribution in [3.63, 3.8) is 0 Å². The number of methoxy groups -OCH3 is 1. The third-order valence-corrected chi connectivity index (χ3v) is 6.33. The second-order valence-corrected chi connectivity index (χ2v) is 8.44. The number of aliphatic hydroxyl groups excluding tert-OH is 1. The first-order chi connectivity index (χ1) is 15.8. The van der Waals surface area contributed by atoms with E-state index in [1.807, 2.05) is 0 Å². The second kappa shape index (κ2) is 9.49. The number of esters is 1. The van der Waals surface area contributed by atoms with Crippen LogP contribution in [-0.4, -0.2) is 54.4 Å². The van der Waals surface area contributed by atoms with Crippen LogP contribution in [0.2, 0.25) is 0 Å². The van der Waals surface area contributed by atoms with Crippen molar-refractivity contribution in [1.29, 1.82) is 0 Å². The van der Waals surface area contributed by atoms with E-state index in [9.17, 15) is 9.18 Å². The molecule has 1 aromatic heterocycles. The number of hydrogen-bond donors (Lipinski definition) is 2. The maximum Gasteiger partial charge on any atom is 0.309 e. The van der Waals surface area contributed by atoms with Gasteiger partial charge in [0.25, 0.3) is 0 Å². The molecule has 0 saturated carbocycles. The van der Waals surface area contributed by atoms with Gasteiger partial charge in [-0.15, -0.1) is 0 Å². The number of aliphatic hydroxyl groups is 1. The first kappa shape index (κ1) is 23.2. The Bertz CT molecular complexity index is 1180. The molecule has 176 valence electrons. The molecule has 2 heterocycles. The van der Waals surface area contributed by atoms with E-state index in [0.717, 1.165) is 22.2 Å². The number of ether oxygens (including phenoxy) is 2. The molecular weight excluding hydrogens is 430 g/mol. The highest BCUT2D eigenvalue weighted by Crippen LogP contribution is 2.42. The number of carbonyl (C=O) groups is 1. The van der Waals surface area contributed by atoms with Crippen molar-refractivity contribution in [2.75, 3.05) is 33.4 Å². The molecule has 33 heavy (non-hydrogen) atoms. The molecule has 0 aliphatic carbocycles. The summed E-state index contributed by atoms with van der Waals surface area (Å²) in [6.45, 7) is 4.42. The van der Waals surface area contributed by atoms with E-state index in [1.54, 1.807) is 26.0 Å². The van der Waals surface area contributed by atoms with E-state index < -0.39 is 17.8 Å². The van der Waals surface area contributed by atoms with Crippen molar-refractivity contribution in [3.8, 4) is 5.75 Å². The summed E-state index contributed by atoms with van der Waals surface area (Å²) in [6.07, 6.45) is 0.630. The Labute approximate surface area is 191 Å². The molecule has 3 aromatic rings. The molecule has 2 N–H and O–H groups in total. The summed E-state index contributed by atoms with van der Waals surface area (Å²) in [7, 11) is 1.35. The van der Waals surface area contributed by atoms with Crippen molar-refractivity contribution in [2.24, 2.45) is 5.92 Å². The lowest BCUT2D eigenvalue weighted by Gasteiger charge is -2.38. The van der Waals surface area contributed by atoms with Gasteiger partial charge in [0.05, 0.1) is 25.7 Å². The third kappa shape index (κ3) is 4.32. The fourth-order valence-corrected chi connectivity index (χ4v) is 4.78. The highest BCUT2D eigenvalue weighted by Gasteiger charge is 2.36. The van der Waals surface area contributed by atoms with E-state index in [4.69, 9.17) is 14.6 Å². The number of nitrogens with zero attached hydrogens (tertiary/aromatic N) is 1. The summed E-state index contributed by atoms with van der Waals surface area (Å²) in [4.78, 5) is 17.6. The topological polar surface area (TPSA) is 74.8 Å². The Morgan fingerprint density at radius 1 is 1.30 bits per heavy atom. The molecule has 0 fully saturated rings. The summed E-state index contributed by atoms with van der Waals surface area (Å²) in [5.41, 5.74) is 3.54. The molecule has 6 nitrogen and oxygen atoms in total. The number of H-pyrrole nitrogens is 1. The minimum atomic E-state index is -0.533. The van der Waals surface area contributed by atoms with Crippen LogP contribution < -0.4 is 4.74 Å². The lowest BCUT2D eigenvalue weighted by molar-refractivity contribution is -0.145. The SMILES string of the molecule is COC(=O)[C@H](C)CN1CCc2c([nH]c3ccc(F)cc23)C1c1c(F)ccc(OCCO)c1C. The Morgan fingerprint density at radius 2 is 2.09 bits per heavy atom. The van der Waals surface area contributed by atoms with Gasteiger partial charge in [0.2, 0.25) is 0 Å². The van der Waals surface area contributed by atoms with Crippen LogP contribution in [-0.2, 0) is 16.0 Å². The van der Waals surface area contributed by atoms with Gasteiger partial charge < -0.3 is 19.6 Å². The Hall–Kier alpha value is -2.97. The molecule has 1 aliphatic rings. The van der Waals surface area contributed by atoms with Gasteiger partial charge in [-0.1, -0.05) is 6.92 Å². The maximum atomic E-state index is 15.4. The molecule has 0 saturated heterocycles. The first-order valence-corrected chi connectivity index (χ1v) is 11.0. The molecule has 1 unspecified atom stereocenters. The van der Waals surface area contributed by atoms with Crippen LogP contribution in [0.4, 0.5) is 8.78 Å². The Kier molecular flexibility index (Phi) is 6.67. The molecule has 0 bridgehead atoms. The molecule has 0 radical (unpaired) electrons. The van der Waals surface area contributed by atoms with Gasteiger partial charge in [0, 0.05) is 35.2 Å². The van der Waals surface area contributed by atoms with Crippen molar-refractivity contribution in [2.45, 2.75) is 26.3 Å². The fourth-order valence-electron chi connectivity index (χ4n) is 4.78. The smallest absolute Gasteiger partial charge is 0.309 e. The molecule has 0 spiro atoms. The monoisotopic (exact) mass is 458 g/mol. The summed E-state index contributed by atoms with van der Waals surface area (Å²) < 4.78 is 39.9. The van der Waals surface area contributed by atoms with E-state index in [0.29, 0.717) is 36.4 Å². The van der Waals surface area contributed by atoms with Gasteiger partial charge in [-0.25, -0.2) is 8.78 Å². The Balaban J connectivity index is 1.87. The Morgan fingerprint density at radius 3 is 2.82 bits per heavy atom. The first-order valence-electron chi connectivity index (χ1n) is 11.0. The van der Waals surface area contributed by atoms with Crippen LogP contribution in [0.5, 0.6) is 5.75 Å². The number of halogens is 2. The van der Waals surface area contributed by atoms with Crippen LogP contribution in [0.15, 0.2) is 30.3 Å². The van der Waals surface area contributed by atoms with Gasteiger partial charge in [-0.3, -0.25) is 9.69 Å². The number of fused-ring (bicyclic) bond motifs is 3. The minimum absolute atomic E-state index is 0.0938. The molecule has 2 atom stereocenters. The minimum Gasteiger partial charge on any atom is -0.491 e. The fraction of sp³-hybridized carbons (Fsp3) is 0.400. The highest BCUT2D eigenvalue weighted by atomic mass is 19.1. The number of aromatic nitrogens is 1. The highest BCUT2D eigenvalue weighted by molar-refractivity contribution is 5.85.